The number of halogens is 1. The van der Waals surface area contributed by atoms with Crippen LogP contribution in [0.3, 0.4) is 0 Å². The van der Waals surface area contributed by atoms with Gasteiger partial charge in [-0.3, -0.25) is 4.79 Å². The number of carbonyl (C=O) groups excluding carboxylic acids is 1. The molecule has 1 aromatic rings. The number of alkyl halides is 1. The number of aryl methyl sites for hydroxylation is 1. The number of carbonyl (C=O) groups is 1. The zero-order valence-corrected chi connectivity index (χ0v) is 7.43. The van der Waals surface area contributed by atoms with Crippen molar-refractivity contribution in [1.29, 1.82) is 0 Å². The van der Waals surface area contributed by atoms with Gasteiger partial charge in [0, 0.05) is 5.56 Å². The first-order valence-electron chi connectivity index (χ1n) is 3.54. The van der Waals surface area contributed by atoms with Crippen LogP contribution in [0.25, 0.3) is 0 Å². The lowest BCUT2D eigenvalue weighted by molar-refractivity contribution is 0.102. The SMILES string of the molecule is Cc1ccc(C(=O)CCl)cc1O. The van der Waals surface area contributed by atoms with Gasteiger partial charge in [0.25, 0.3) is 0 Å². The Bertz CT molecular complexity index is 307. The van der Waals surface area contributed by atoms with Gasteiger partial charge >= 0.3 is 0 Å². The summed E-state index contributed by atoms with van der Waals surface area (Å²) in [5, 5.41) is 9.25. The molecule has 0 aromatic heterocycles. The first kappa shape index (κ1) is 9.07. The third-order valence-corrected chi connectivity index (χ3v) is 1.90. The van der Waals surface area contributed by atoms with Crippen LogP contribution in [-0.4, -0.2) is 16.8 Å². The molecule has 0 atom stereocenters. The highest BCUT2D eigenvalue weighted by atomic mass is 35.5. The lowest BCUT2D eigenvalue weighted by atomic mass is 10.1. The van der Waals surface area contributed by atoms with Crippen LogP contribution < -0.4 is 0 Å². The van der Waals surface area contributed by atoms with Crippen LogP contribution in [0.5, 0.6) is 5.75 Å². The molecule has 1 rings (SSSR count). The van der Waals surface area contributed by atoms with Crippen LogP contribution in [0.4, 0.5) is 0 Å². The van der Waals surface area contributed by atoms with Gasteiger partial charge in [-0.1, -0.05) is 12.1 Å². The molecule has 0 saturated carbocycles. The van der Waals surface area contributed by atoms with E-state index in [-0.39, 0.29) is 17.4 Å². The quantitative estimate of drug-likeness (QED) is 0.565. The molecular formula is C9H9ClO2. The maximum atomic E-state index is 11.0. The molecule has 3 heteroatoms. The molecule has 0 saturated heterocycles. The molecule has 0 spiro atoms. The largest absolute Gasteiger partial charge is 0.508 e. The molecule has 0 aliphatic rings. The summed E-state index contributed by atoms with van der Waals surface area (Å²) in [4.78, 5) is 11.0. The fraction of sp³-hybridized carbons (Fsp3) is 0.222. The molecule has 0 heterocycles. The van der Waals surface area contributed by atoms with Crippen LogP contribution in [0.2, 0.25) is 0 Å². The summed E-state index contributed by atoms with van der Waals surface area (Å²) in [5.74, 6) is -0.0967. The molecular weight excluding hydrogens is 176 g/mol. The molecule has 0 aliphatic heterocycles. The van der Waals surface area contributed by atoms with Gasteiger partial charge in [-0.15, -0.1) is 11.6 Å². The van der Waals surface area contributed by atoms with Crippen molar-refractivity contribution in [3.05, 3.63) is 29.3 Å². The van der Waals surface area contributed by atoms with Gasteiger partial charge in [0.2, 0.25) is 0 Å². The van der Waals surface area contributed by atoms with E-state index in [9.17, 15) is 9.90 Å². The van der Waals surface area contributed by atoms with Crippen LogP contribution in [0.15, 0.2) is 18.2 Å². The molecule has 0 radical (unpaired) electrons. The smallest absolute Gasteiger partial charge is 0.177 e. The number of hydrogen-bond acceptors (Lipinski definition) is 2. The number of rotatable bonds is 2. The highest BCUT2D eigenvalue weighted by Crippen LogP contribution is 2.17. The lowest BCUT2D eigenvalue weighted by Crippen LogP contribution is -1.99. The summed E-state index contributed by atoms with van der Waals surface area (Å²) in [6.45, 7) is 1.77. The number of phenolic OH excluding ortho intramolecular Hbond substituents is 1. The van der Waals surface area contributed by atoms with Crippen molar-refractivity contribution in [3.8, 4) is 5.75 Å². The van der Waals surface area contributed by atoms with Crippen molar-refractivity contribution in [3.63, 3.8) is 0 Å². The molecule has 0 amide bonds. The second-order valence-electron chi connectivity index (χ2n) is 2.56. The normalized spacial score (nSPS) is 9.83. The van der Waals surface area contributed by atoms with Gasteiger partial charge in [0.1, 0.15) is 5.75 Å². The molecule has 0 fully saturated rings. The maximum Gasteiger partial charge on any atom is 0.177 e. The Morgan fingerprint density at radius 1 is 1.58 bits per heavy atom. The summed E-state index contributed by atoms with van der Waals surface area (Å²) in [5.41, 5.74) is 1.20. The molecule has 1 aromatic carbocycles. The Morgan fingerprint density at radius 3 is 2.75 bits per heavy atom. The minimum absolute atomic E-state index is 0.0531. The van der Waals surface area contributed by atoms with E-state index in [2.05, 4.69) is 0 Å². The van der Waals surface area contributed by atoms with E-state index in [1.807, 2.05) is 0 Å². The van der Waals surface area contributed by atoms with Crippen molar-refractivity contribution < 1.29 is 9.90 Å². The average molecular weight is 185 g/mol. The van der Waals surface area contributed by atoms with Crippen LogP contribution >= 0.6 is 11.6 Å². The van der Waals surface area contributed by atoms with Crippen molar-refractivity contribution in [2.24, 2.45) is 0 Å². The van der Waals surface area contributed by atoms with Crippen LogP contribution in [0, 0.1) is 6.92 Å². The Balaban J connectivity index is 3.05. The van der Waals surface area contributed by atoms with Crippen molar-refractivity contribution >= 4 is 17.4 Å². The topological polar surface area (TPSA) is 37.3 Å². The molecule has 0 unspecified atom stereocenters. The molecule has 0 aliphatic carbocycles. The molecule has 2 nitrogen and oxygen atoms in total. The van der Waals surface area contributed by atoms with E-state index in [0.29, 0.717) is 5.56 Å². The van der Waals surface area contributed by atoms with Crippen LogP contribution in [0.1, 0.15) is 15.9 Å². The van der Waals surface area contributed by atoms with E-state index >= 15 is 0 Å². The number of Topliss-reactive ketones (excluding diaryl/α,β-unsaturated/α-hetero) is 1. The Kier molecular flexibility index (Phi) is 2.71. The summed E-state index contributed by atoms with van der Waals surface area (Å²) in [6.07, 6.45) is 0. The number of phenols is 1. The molecule has 64 valence electrons. The summed E-state index contributed by atoms with van der Waals surface area (Å²) < 4.78 is 0. The monoisotopic (exact) mass is 184 g/mol. The number of hydrogen-bond donors (Lipinski definition) is 1. The first-order valence-corrected chi connectivity index (χ1v) is 4.07. The van der Waals surface area contributed by atoms with Crippen molar-refractivity contribution in [2.75, 3.05) is 5.88 Å². The maximum absolute atomic E-state index is 11.0. The summed E-state index contributed by atoms with van der Waals surface area (Å²) in [7, 11) is 0. The highest BCUT2D eigenvalue weighted by molar-refractivity contribution is 6.30. The van der Waals surface area contributed by atoms with Crippen molar-refractivity contribution in [1.82, 2.24) is 0 Å². The predicted octanol–water partition coefficient (Wildman–Crippen LogP) is 2.12. The van der Waals surface area contributed by atoms with Gasteiger partial charge in [-0.2, -0.15) is 0 Å². The zero-order valence-electron chi connectivity index (χ0n) is 6.67. The van der Waals surface area contributed by atoms with Crippen LogP contribution in [-0.2, 0) is 0 Å². The Morgan fingerprint density at radius 2 is 2.25 bits per heavy atom. The Labute approximate surface area is 75.8 Å². The minimum atomic E-state index is -0.174. The zero-order chi connectivity index (χ0) is 9.14. The van der Waals surface area contributed by atoms with E-state index < -0.39 is 0 Å². The lowest BCUT2D eigenvalue weighted by Gasteiger charge is -2.00. The van der Waals surface area contributed by atoms with E-state index in [1.165, 1.54) is 6.07 Å². The third kappa shape index (κ3) is 1.77. The van der Waals surface area contributed by atoms with Gasteiger partial charge in [0.05, 0.1) is 5.88 Å². The first-order chi connectivity index (χ1) is 5.65. The van der Waals surface area contributed by atoms with Gasteiger partial charge in [-0.25, -0.2) is 0 Å². The second-order valence-corrected chi connectivity index (χ2v) is 2.83. The van der Waals surface area contributed by atoms with Gasteiger partial charge in [0.15, 0.2) is 5.78 Å². The van der Waals surface area contributed by atoms with E-state index in [1.54, 1.807) is 19.1 Å². The molecule has 0 bridgehead atoms. The third-order valence-electron chi connectivity index (χ3n) is 1.65. The predicted molar refractivity (Wildman–Crippen MR) is 47.9 cm³/mol. The molecule has 1 N–H and O–H groups in total. The van der Waals surface area contributed by atoms with E-state index in [4.69, 9.17) is 11.6 Å². The van der Waals surface area contributed by atoms with Gasteiger partial charge in [-0.05, 0) is 18.6 Å². The summed E-state index contributed by atoms with van der Waals surface area (Å²) >= 11 is 5.35. The fourth-order valence-electron chi connectivity index (χ4n) is 0.860. The average Bonchev–Trinajstić information content (AvgIpc) is 2.08. The van der Waals surface area contributed by atoms with Crippen molar-refractivity contribution in [2.45, 2.75) is 6.92 Å². The molecule has 12 heavy (non-hydrogen) atoms. The highest BCUT2D eigenvalue weighted by Gasteiger charge is 2.05. The number of benzene rings is 1. The standard InChI is InChI=1S/C9H9ClO2/c1-6-2-3-7(4-8(6)11)9(12)5-10/h2-4,11H,5H2,1H3. The number of aromatic hydroxyl groups is 1. The second kappa shape index (κ2) is 3.59. The van der Waals surface area contributed by atoms with E-state index in [0.717, 1.165) is 5.56 Å². The number of ketones is 1. The minimum Gasteiger partial charge on any atom is -0.508 e. The Hall–Kier alpha value is -1.02. The summed E-state index contributed by atoms with van der Waals surface area (Å²) in [6, 6.07) is 4.77. The van der Waals surface area contributed by atoms with Gasteiger partial charge < -0.3 is 5.11 Å². The fourth-order valence-corrected chi connectivity index (χ4v) is 1.01.